The van der Waals surface area contributed by atoms with E-state index in [-0.39, 0.29) is 41.0 Å². The summed E-state index contributed by atoms with van der Waals surface area (Å²) in [5, 5.41) is 11.1. The lowest BCUT2D eigenvalue weighted by molar-refractivity contribution is -0.385. The van der Waals surface area contributed by atoms with E-state index in [2.05, 4.69) is 0 Å². The van der Waals surface area contributed by atoms with Gasteiger partial charge in [0.1, 0.15) is 0 Å². The van der Waals surface area contributed by atoms with Gasteiger partial charge in [-0.1, -0.05) is 19.9 Å². The van der Waals surface area contributed by atoms with Gasteiger partial charge in [-0.25, -0.2) is 16.8 Å². The third-order valence-corrected chi connectivity index (χ3v) is 7.81. The van der Waals surface area contributed by atoms with E-state index < -0.39 is 30.8 Å². The molecule has 0 unspecified atom stereocenters. The fraction of sp³-hybridized carbons (Fsp3) is 0.600. The Morgan fingerprint density at radius 2 is 2.00 bits per heavy atom. The van der Waals surface area contributed by atoms with Gasteiger partial charge in [0.05, 0.1) is 21.3 Å². The van der Waals surface area contributed by atoms with Gasteiger partial charge in [0.2, 0.25) is 10.0 Å². The van der Waals surface area contributed by atoms with E-state index >= 15 is 0 Å². The third-order valence-electron chi connectivity index (χ3n) is 4.14. The summed E-state index contributed by atoms with van der Waals surface area (Å²) < 4.78 is 50.9. The summed E-state index contributed by atoms with van der Waals surface area (Å²) >= 11 is 0. The smallest absolute Gasteiger partial charge is 0.258 e. The minimum atomic E-state index is -4.04. The molecule has 1 saturated heterocycles. The highest BCUT2D eigenvalue weighted by Gasteiger charge is 2.39. The van der Waals surface area contributed by atoms with Gasteiger partial charge in [0.25, 0.3) is 5.69 Å². The Hall–Kier alpha value is -1.52. The van der Waals surface area contributed by atoms with Crippen molar-refractivity contribution in [3.8, 4) is 0 Å². The van der Waals surface area contributed by atoms with E-state index in [4.69, 9.17) is 0 Å². The molecule has 8 nitrogen and oxygen atoms in total. The van der Waals surface area contributed by atoms with Gasteiger partial charge in [-0.3, -0.25) is 10.1 Å². The average molecular weight is 390 g/mol. The predicted molar refractivity (Wildman–Crippen MR) is 93.6 cm³/mol. The van der Waals surface area contributed by atoms with Crippen LogP contribution < -0.4 is 0 Å². The molecular formula is C15H22N2O6S2. The average Bonchev–Trinajstić information content (AvgIpc) is 2.84. The molecule has 0 saturated carbocycles. The van der Waals surface area contributed by atoms with Crippen molar-refractivity contribution in [1.82, 2.24) is 4.31 Å². The molecule has 0 bridgehead atoms. The van der Waals surface area contributed by atoms with Gasteiger partial charge in [-0.15, -0.1) is 0 Å². The van der Waals surface area contributed by atoms with E-state index in [0.717, 1.165) is 6.07 Å². The molecule has 1 aliphatic heterocycles. The summed E-state index contributed by atoms with van der Waals surface area (Å²) in [6.07, 6.45) is 0.238. The van der Waals surface area contributed by atoms with Gasteiger partial charge in [0, 0.05) is 24.2 Å². The molecule has 0 aliphatic carbocycles. The van der Waals surface area contributed by atoms with Gasteiger partial charge in [-0.2, -0.15) is 4.31 Å². The van der Waals surface area contributed by atoms with Gasteiger partial charge >= 0.3 is 0 Å². The lowest BCUT2D eigenvalue weighted by atomic mass is 10.2. The second-order valence-electron chi connectivity index (χ2n) is 6.73. The molecule has 0 spiro atoms. The first kappa shape index (κ1) is 19.8. The van der Waals surface area contributed by atoms with Crippen molar-refractivity contribution in [2.45, 2.75) is 38.1 Å². The number of sulfonamides is 1. The maximum Gasteiger partial charge on any atom is 0.273 e. The maximum absolute atomic E-state index is 13.1. The fourth-order valence-electron chi connectivity index (χ4n) is 2.89. The van der Waals surface area contributed by atoms with Crippen LogP contribution >= 0.6 is 0 Å². The number of hydrogen-bond acceptors (Lipinski definition) is 6. The Morgan fingerprint density at radius 1 is 1.36 bits per heavy atom. The van der Waals surface area contributed by atoms with Crippen LogP contribution in [-0.2, 0) is 19.9 Å². The molecule has 0 N–H and O–H groups in total. The van der Waals surface area contributed by atoms with Crippen molar-refractivity contribution >= 4 is 25.5 Å². The van der Waals surface area contributed by atoms with Crippen LogP contribution in [0.3, 0.4) is 0 Å². The molecule has 2 rings (SSSR count). The van der Waals surface area contributed by atoms with Crippen molar-refractivity contribution in [1.29, 1.82) is 0 Å². The second kappa shape index (κ2) is 7.00. The minimum Gasteiger partial charge on any atom is -0.258 e. The Balaban J connectivity index is 2.48. The maximum atomic E-state index is 13.1. The van der Waals surface area contributed by atoms with Crippen molar-refractivity contribution in [3.63, 3.8) is 0 Å². The number of nitro groups is 1. The standard InChI is InChI=1S/C15H22N2O6S2/c1-11(2)9-16(13-6-7-24(20,21)10-13)25(22,23)14-5-4-12(3)15(8-14)17(18)19/h4-5,8,11,13H,6-7,9-10H2,1-3H3/t13-/m1/s1. The molecule has 0 aromatic heterocycles. The first-order chi connectivity index (χ1) is 11.4. The van der Waals surface area contributed by atoms with Crippen LogP contribution in [0.4, 0.5) is 5.69 Å². The van der Waals surface area contributed by atoms with Crippen LogP contribution in [0.2, 0.25) is 0 Å². The van der Waals surface area contributed by atoms with E-state index in [1.165, 1.54) is 23.4 Å². The largest absolute Gasteiger partial charge is 0.273 e. The van der Waals surface area contributed by atoms with Crippen molar-refractivity contribution < 1.29 is 21.8 Å². The zero-order valence-corrected chi connectivity index (χ0v) is 16.0. The Labute approximate surface area is 148 Å². The van der Waals surface area contributed by atoms with Crippen molar-refractivity contribution in [2.75, 3.05) is 18.1 Å². The van der Waals surface area contributed by atoms with Gasteiger partial charge < -0.3 is 0 Å². The van der Waals surface area contributed by atoms with Crippen molar-refractivity contribution in [2.24, 2.45) is 5.92 Å². The van der Waals surface area contributed by atoms with Crippen LogP contribution in [0.25, 0.3) is 0 Å². The highest BCUT2D eigenvalue weighted by Crippen LogP contribution is 2.29. The Bertz CT molecular complexity index is 877. The predicted octanol–water partition coefficient (Wildman–Crippen LogP) is 1.74. The molecular weight excluding hydrogens is 368 g/mol. The minimum absolute atomic E-state index is 0.0153. The zero-order valence-electron chi connectivity index (χ0n) is 14.4. The molecule has 0 radical (unpaired) electrons. The first-order valence-corrected chi connectivity index (χ1v) is 11.2. The summed E-state index contributed by atoms with van der Waals surface area (Å²) in [5.41, 5.74) is 0.0902. The highest BCUT2D eigenvalue weighted by atomic mass is 32.2. The number of benzene rings is 1. The zero-order chi connectivity index (χ0) is 19.0. The molecule has 1 aromatic rings. The SMILES string of the molecule is Cc1ccc(S(=O)(=O)N(CC(C)C)[C@@H]2CCS(=O)(=O)C2)cc1[N+](=O)[O-]. The van der Waals surface area contributed by atoms with Crippen LogP contribution in [0.15, 0.2) is 23.1 Å². The van der Waals surface area contributed by atoms with E-state index in [9.17, 15) is 26.9 Å². The van der Waals surface area contributed by atoms with Crippen LogP contribution in [0, 0.1) is 23.0 Å². The number of sulfone groups is 1. The van der Waals surface area contributed by atoms with E-state index in [1.807, 2.05) is 13.8 Å². The monoisotopic (exact) mass is 390 g/mol. The van der Waals surface area contributed by atoms with Gasteiger partial charge in [0.15, 0.2) is 9.84 Å². The molecule has 1 atom stereocenters. The Kier molecular flexibility index (Phi) is 5.55. The van der Waals surface area contributed by atoms with E-state index in [1.54, 1.807) is 0 Å². The van der Waals surface area contributed by atoms with Crippen LogP contribution in [0.5, 0.6) is 0 Å². The lowest BCUT2D eigenvalue weighted by Crippen LogP contribution is -2.43. The lowest BCUT2D eigenvalue weighted by Gasteiger charge is -2.29. The molecule has 1 heterocycles. The Morgan fingerprint density at radius 3 is 2.48 bits per heavy atom. The number of nitrogens with zero attached hydrogens (tertiary/aromatic N) is 2. The van der Waals surface area contributed by atoms with Crippen molar-refractivity contribution in [3.05, 3.63) is 33.9 Å². The highest BCUT2D eigenvalue weighted by molar-refractivity contribution is 7.92. The summed E-state index contributed by atoms with van der Waals surface area (Å²) in [5.74, 6) is -0.276. The summed E-state index contributed by atoms with van der Waals surface area (Å²) in [4.78, 5) is 10.3. The quantitative estimate of drug-likeness (QED) is 0.540. The second-order valence-corrected chi connectivity index (χ2v) is 10.9. The number of rotatable bonds is 6. The van der Waals surface area contributed by atoms with Gasteiger partial charge in [-0.05, 0) is 25.3 Å². The molecule has 1 aliphatic rings. The molecule has 1 fully saturated rings. The number of aryl methyl sites for hydroxylation is 1. The summed E-state index contributed by atoms with van der Waals surface area (Å²) in [6.45, 7) is 5.36. The third kappa shape index (κ3) is 4.36. The number of hydrogen-bond donors (Lipinski definition) is 0. The summed E-state index contributed by atoms with van der Waals surface area (Å²) in [6, 6.07) is 3.12. The van der Waals surface area contributed by atoms with Crippen LogP contribution in [0.1, 0.15) is 25.8 Å². The molecule has 25 heavy (non-hydrogen) atoms. The topological polar surface area (TPSA) is 115 Å². The summed E-state index contributed by atoms with van der Waals surface area (Å²) in [7, 11) is -7.30. The number of nitro benzene ring substituents is 1. The first-order valence-electron chi connectivity index (χ1n) is 7.91. The molecule has 10 heteroatoms. The molecule has 140 valence electrons. The fourth-order valence-corrected chi connectivity index (χ4v) is 6.55. The molecule has 1 aromatic carbocycles. The van der Waals surface area contributed by atoms with Crippen LogP contribution in [-0.4, -0.2) is 50.2 Å². The van der Waals surface area contributed by atoms with E-state index in [0.29, 0.717) is 5.56 Å². The normalized spacial score (nSPS) is 20.3. The molecule has 0 amide bonds.